The first-order valence-corrected chi connectivity index (χ1v) is 22.6. The third kappa shape index (κ3) is 6.82. The molecule has 0 aliphatic carbocycles. The predicted molar refractivity (Wildman–Crippen MR) is 267 cm³/mol. The minimum atomic E-state index is -0.153. The Labute approximate surface area is 369 Å². The lowest BCUT2D eigenvalue weighted by atomic mass is 9.79. The van der Waals surface area contributed by atoms with Gasteiger partial charge in [-0.3, -0.25) is 0 Å². The fraction of sp³-hybridized carbons (Fsp3) is 0.207. The highest BCUT2D eigenvalue weighted by molar-refractivity contribution is 7.26. The molecule has 62 heavy (non-hydrogen) atoms. The smallest absolute Gasteiger partial charge is 0.160 e. The van der Waals surface area contributed by atoms with Gasteiger partial charge >= 0.3 is 0 Å². The van der Waals surface area contributed by atoms with Gasteiger partial charge in [0.15, 0.2) is 5.82 Å². The standard InChI is InChI=1S/C58H53N3S/c1-56(2,3)40-29-30-48-45(33-40)46-34-41(57(4,5)6)35-47(58(7,8)9)53(46)61(48)52-43(36-21-13-10-14-22-36)31-39(32-44(52)37-23-15-11-16-24-37)50-54-51(42-27-19-20-28-49(42)62-54)60-55(59-50)38-25-17-12-18-26-38/h10-35H,1-9H3. The van der Waals surface area contributed by atoms with E-state index >= 15 is 0 Å². The van der Waals surface area contributed by atoms with Crippen LogP contribution in [0.25, 0.3) is 92.7 Å². The van der Waals surface area contributed by atoms with E-state index in [1.807, 2.05) is 6.07 Å². The number of thiophene rings is 1. The van der Waals surface area contributed by atoms with Crippen LogP contribution in [0.2, 0.25) is 0 Å². The van der Waals surface area contributed by atoms with E-state index in [0.29, 0.717) is 0 Å². The maximum absolute atomic E-state index is 5.50. The molecule has 0 spiro atoms. The van der Waals surface area contributed by atoms with Gasteiger partial charge in [0.25, 0.3) is 0 Å². The highest BCUT2D eigenvalue weighted by atomic mass is 32.1. The van der Waals surface area contributed by atoms with E-state index in [4.69, 9.17) is 9.97 Å². The molecule has 0 atom stereocenters. The molecule has 0 saturated heterocycles. The van der Waals surface area contributed by atoms with E-state index in [1.165, 1.54) is 43.2 Å². The lowest BCUT2D eigenvalue weighted by molar-refractivity contribution is 0.572. The molecule has 0 N–H and O–H groups in total. The summed E-state index contributed by atoms with van der Waals surface area (Å²) < 4.78 is 4.91. The van der Waals surface area contributed by atoms with Gasteiger partial charge in [-0.1, -0.05) is 184 Å². The second kappa shape index (κ2) is 14.6. The Kier molecular flexibility index (Phi) is 9.39. The zero-order chi connectivity index (χ0) is 43.1. The van der Waals surface area contributed by atoms with E-state index in [0.717, 1.165) is 66.2 Å². The molecule has 0 radical (unpaired) electrons. The number of aromatic nitrogens is 3. The van der Waals surface area contributed by atoms with Crippen molar-refractivity contribution in [3.05, 3.63) is 174 Å². The summed E-state index contributed by atoms with van der Waals surface area (Å²) in [6, 6.07) is 57.9. The van der Waals surface area contributed by atoms with Crippen LogP contribution in [0.3, 0.4) is 0 Å². The highest BCUT2D eigenvalue weighted by Crippen LogP contribution is 2.49. The van der Waals surface area contributed by atoms with Crippen LogP contribution in [0.15, 0.2) is 158 Å². The maximum Gasteiger partial charge on any atom is 0.160 e. The zero-order valence-electron chi connectivity index (χ0n) is 37.3. The summed E-state index contributed by atoms with van der Waals surface area (Å²) in [6.45, 7) is 21.1. The number of hydrogen-bond acceptors (Lipinski definition) is 3. The molecule has 0 aliphatic heterocycles. The van der Waals surface area contributed by atoms with Crippen LogP contribution in [-0.4, -0.2) is 14.5 Å². The van der Waals surface area contributed by atoms with Crippen molar-refractivity contribution >= 4 is 53.4 Å². The number of rotatable bonds is 5. The highest BCUT2D eigenvalue weighted by Gasteiger charge is 2.30. The fourth-order valence-corrected chi connectivity index (χ4v) is 10.2. The minimum Gasteiger partial charge on any atom is -0.308 e. The topological polar surface area (TPSA) is 30.7 Å². The van der Waals surface area contributed by atoms with E-state index in [1.54, 1.807) is 11.3 Å². The van der Waals surface area contributed by atoms with Gasteiger partial charge in [-0.15, -0.1) is 11.3 Å². The molecule has 0 bridgehead atoms. The van der Waals surface area contributed by atoms with Crippen LogP contribution in [0.5, 0.6) is 0 Å². The lowest BCUT2D eigenvalue weighted by Gasteiger charge is -2.28. The summed E-state index contributed by atoms with van der Waals surface area (Å²) >= 11 is 1.78. The van der Waals surface area contributed by atoms with Gasteiger partial charge in [0.05, 0.1) is 32.6 Å². The van der Waals surface area contributed by atoms with Gasteiger partial charge in [0.2, 0.25) is 0 Å². The molecule has 0 unspecified atom stereocenters. The lowest BCUT2D eigenvalue weighted by Crippen LogP contribution is -2.18. The van der Waals surface area contributed by atoms with Gasteiger partial charge in [0.1, 0.15) is 0 Å². The second-order valence-electron chi connectivity index (χ2n) is 19.9. The van der Waals surface area contributed by atoms with E-state index < -0.39 is 0 Å². The minimum absolute atomic E-state index is 0.0166. The van der Waals surface area contributed by atoms with E-state index in [2.05, 4.69) is 219 Å². The molecular weight excluding hydrogens is 771 g/mol. The Morgan fingerprint density at radius 3 is 1.58 bits per heavy atom. The third-order valence-corrected chi connectivity index (χ3v) is 13.6. The third-order valence-electron chi connectivity index (χ3n) is 12.4. The van der Waals surface area contributed by atoms with Gasteiger partial charge in [-0.05, 0) is 80.5 Å². The van der Waals surface area contributed by atoms with Crippen LogP contribution < -0.4 is 0 Å². The van der Waals surface area contributed by atoms with Crippen molar-refractivity contribution in [3.63, 3.8) is 0 Å². The van der Waals surface area contributed by atoms with E-state index in [-0.39, 0.29) is 16.2 Å². The van der Waals surface area contributed by atoms with Crippen molar-refractivity contribution in [2.75, 3.05) is 0 Å². The average molecular weight is 824 g/mol. The van der Waals surface area contributed by atoms with Crippen molar-refractivity contribution in [1.82, 2.24) is 14.5 Å². The molecule has 3 heterocycles. The van der Waals surface area contributed by atoms with Gasteiger partial charge in [-0.2, -0.15) is 0 Å². The Bertz CT molecular complexity index is 3250. The summed E-state index contributed by atoms with van der Waals surface area (Å²) in [6.07, 6.45) is 0. The van der Waals surface area contributed by atoms with Crippen molar-refractivity contribution < 1.29 is 0 Å². The Morgan fingerprint density at radius 1 is 0.452 bits per heavy atom. The molecule has 3 nitrogen and oxygen atoms in total. The Hall–Kier alpha value is -6.36. The number of fused-ring (bicyclic) bond motifs is 6. The second-order valence-corrected chi connectivity index (χ2v) is 21.0. The molecular formula is C58H53N3S. The molecule has 0 saturated carbocycles. The summed E-state index contributed by atoms with van der Waals surface area (Å²) in [5.41, 5.74) is 16.0. The monoisotopic (exact) mass is 823 g/mol. The first-order chi connectivity index (χ1) is 29.6. The summed E-state index contributed by atoms with van der Waals surface area (Å²) in [7, 11) is 0. The molecule has 10 rings (SSSR count). The molecule has 4 heteroatoms. The molecule has 0 fully saturated rings. The summed E-state index contributed by atoms with van der Waals surface area (Å²) in [5, 5.41) is 3.73. The Balaban J connectivity index is 1.41. The maximum atomic E-state index is 5.50. The van der Waals surface area contributed by atoms with Crippen LogP contribution in [0, 0.1) is 0 Å². The van der Waals surface area contributed by atoms with Crippen LogP contribution in [-0.2, 0) is 16.2 Å². The molecule has 10 aromatic rings. The quantitative estimate of drug-likeness (QED) is 0.173. The molecule has 3 aromatic heterocycles. The predicted octanol–water partition coefficient (Wildman–Crippen LogP) is 16.5. The first kappa shape index (κ1) is 39.8. The molecule has 306 valence electrons. The summed E-state index contributed by atoms with van der Waals surface area (Å²) in [4.78, 5) is 10.8. The number of nitrogens with zero attached hydrogens (tertiary/aromatic N) is 3. The van der Waals surface area contributed by atoms with Gasteiger partial charge in [-0.25, -0.2) is 9.97 Å². The van der Waals surface area contributed by atoms with Crippen molar-refractivity contribution in [1.29, 1.82) is 0 Å². The van der Waals surface area contributed by atoms with Gasteiger partial charge < -0.3 is 4.57 Å². The first-order valence-electron chi connectivity index (χ1n) is 21.8. The zero-order valence-corrected chi connectivity index (χ0v) is 38.1. The van der Waals surface area contributed by atoms with Crippen molar-refractivity contribution in [2.45, 2.75) is 78.6 Å². The van der Waals surface area contributed by atoms with Crippen LogP contribution in [0.4, 0.5) is 0 Å². The summed E-state index contributed by atoms with van der Waals surface area (Å²) in [5.74, 6) is 0.727. The van der Waals surface area contributed by atoms with Crippen molar-refractivity contribution in [3.8, 4) is 50.6 Å². The fourth-order valence-electron chi connectivity index (χ4n) is 9.04. The van der Waals surface area contributed by atoms with Crippen LogP contribution in [0.1, 0.15) is 79.0 Å². The number of hydrogen-bond donors (Lipinski definition) is 0. The van der Waals surface area contributed by atoms with Crippen LogP contribution >= 0.6 is 11.3 Å². The van der Waals surface area contributed by atoms with Gasteiger partial charge in [0, 0.05) is 43.1 Å². The Morgan fingerprint density at radius 2 is 1.00 bits per heavy atom. The number of benzene rings is 7. The molecule has 0 aliphatic rings. The molecule has 7 aromatic carbocycles. The normalized spacial score (nSPS) is 12.6. The van der Waals surface area contributed by atoms with Crippen molar-refractivity contribution in [2.24, 2.45) is 0 Å². The average Bonchev–Trinajstić information content (AvgIpc) is 3.80. The molecule has 0 amide bonds. The van der Waals surface area contributed by atoms with E-state index in [9.17, 15) is 0 Å². The SMILES string of the molecule is CC(C)(C)c1ccc2c(c1)c1cc(C(C)(C)C)cc(C(C)(C)C)c1n2-c1c(-c2ccccc2)cc(-c2nc(-c3ccccc3)nc3c2sc2ccccc23)cc1-c1ccccc1. The largest absolute Gasteiger partial charge is 0.308 e.